The minimum absolute atomic E-state index is 0.144. The van der Waals surface area contributed by atoms with Crippen LogP contribution in [-0.2, 0) is 0 Å². The Morgan fingerprint density at radius 3 is 2.65 bits per heavy atom. The van der Waals surface area contributed by atoms with Crippen molar-refractivity contribution in [2.75, 3.05) is 25.1 Å². The highest BCUT2D eigenvalue weighted by Gasteiger charge is 2.16. The van der Waals surface area contributed by atoms with Crippen LogP contribution in [-0.4, -0.2) is 24.9 Å². The summed E-state index contributed by atoms with van der Waals surface area (Å²) in [5.41, 5.74) is 0.783. The average molecular weight is 258 g/mol. The molecule has 1 aromatic carbocycles. The average Bonchev–Trinajstić information content (AvgIpc) is 2.30. The SMILES string of the molecule is CCOc1ccc(NCC(C)(C)CO)cc1Cl. The van der Waals surface area contributed by atoms with Gasteiger partial charge in [-0.2, -0.15) is 0 Å². The number of hydrogen-bond donors (Lipinski definition) is 2. The first-order valence-electron chi connectivity index (χ1n) is 5.75. The van der Waals surface area contributed by atoms with Gasteiger partial charge in [0.25, 0.3) is 0 Å². The second-order valence-corrected chi connectivity index (χ2v) is 5.16. The van der Waals surface area contributed by atoms with Gasteiger partial charge >= 0.3 is 0 Å². The smallest absolute Gasteiger partial charge is 0.138 e. The summed E-state index contributed by atoms with van der Waals surface area (Å²) >= 11 is 6.08. The monoisotopic (exact) mass is 257 g/mol. The fourth-order valence-electron chi connectivity index (χ4n) is 1.28. The predicted molar refractivity (Wildman–Crippen MR) is 72.0 cm³/mol. The van der Waals surface area contributed by atoms with Gasteiger partial charge in [-0.05, 0) is 25.1 Å². The van der Waals surface area contributed by atoms with Crippen LogP contribution in [0.15, 0.2) is 18.2 Å². The van der Waals surface area contributed by atoms with Crippen molar-refractivity contribution in [2.45, 2.75) is 20.8 Å². The predicted octanol–water partition coefficient (Wildman–Crippen LogP) is 3.17. The molecule has 1 rings (SSSR count). The van der Waals surface area contributed by atoms with E-state index < -0.39 is 0 Å². The fraction of sp³-hybridized carbons (Fsp3) is 0.538. The lowest BCUT2D eigenvalue weighted by Crippen LogP contribution is -2.26. The Balaban J connectivity index is 2.64. The highest BCUT2D eigenvalue weighted by Crippen LogP contribution is 2.28. The van der Waals surface area contributed by atoms with Gasteiger partial charge in [-0.1, -0.05) is 25.4 Å². The first-order valence-corrected chi connectivity index (χ1v) is 6.13. The Labute approximate surface area is 108 Å². The molecule has 0 aliphatic heterocycles. The van der Waals surface area contributed by atoms with E-state index in [1.807, 2.05) is 39.0 Å². The van der Waals surface area contributed by atoms with Gasteiger partial charge in [-0.3, -0.25) is 0 Å². The summed E-state index contributed by atoms with van der Waals surface area (Å²) in [6, 6.07) is 5.60. The van der Waals surface area contributed by atoms with Crippen LogP contribution < -0.4 is 10.1 Å². The van der Waals surface area contributed by atoms with E-state index in [4.69, 9.17) is 21.4 Å². The van der Waals surface area contributed by atoms with E-state index in [9.17, 15) is 0 Å². The molecule has 0 saturated carbocycles. The normalized spacial score (nSPS) is 11.4. The molecule has 3 nitrogen and oxygen atoms in total. The number of benzene rings is 1. The summed E-state index contributed by atoms with van der Waals surface area (Å²) in [7, 11) is 0. The molecule has 0 atom stereocenters. The van der Waals surface area contributed by atoms with Crippen molar-refractivity contribution >= 4 is 17.3 Å². The Morgan fingerprint density at radius 2 is 2.12 bits per heavy atom. The minimum atomic E-state index is -0.148. The molecule has 17 heavy (non-hydrogen) atoms. The van der Waals surface area contributed by atoms with Crippen molar-refractivity contribution < 1.29 is 9.84 Å². The quantitative estimate of drug-likeness (QED) is 0.823. The van der Waals surface area contributed by atoms with Crippen molar-refractivity contribution in [1.82, 2.24) is 0 Å². The van der Waals surface area contributed by atoms with E-state index in [0.29, 0.717) is 23.9 Å². The third-order valence-electron chi connectivity index (χ3n) is 2.43. The number of aliphatic hydroxyl groups is 1. The van der Waals surface area contributed by atoms with Crippen LogP contribution in [0.4, 0.5) is 5.69 Å². The van der Waals surface area contributed by atoms with E-state index >= 15 is 0 Å². The number of rotatable bonds is 6. The summed E-state index contributed by atoms with van der Waals surface area (Å²) in [5.74, 6) is 0.695. The molecular weight excluding hydrogens is 238 g/mol. The third kappa shape index (κ3) is 4.44. The van der Waals surface area contributed by atoms with E-state index in [0.717, 1.165) is 5.69 Å². The lowest BCUT2D eigenvalue weighted by molar-refractivity contribution is 0.171. The maximum atomic E-state index is 9.15. The van der Waals surface area contributed by atoms with Crippen LogP contribution >= 0.6 is 11.6 Å². The molecule has 0 aliphatic rings. The van der Waals surface area contributed by atoms with E-state index in [1.54, 1.807) is 0 Å². The van der Waals surface area contributed by atoms with Crippen LogP contribution in [0.25, 0.3) is 0 Å². The number of anilines is 1. The Morgan fingerprint density at radius 1 is 1.41 bits per heavy atom. The van der Waals surface area contributed by atoms with Gasteiger partial charge in [-0.15, -0.1) is 0 Å². The molecular formula is C13H20ClNO2. The molecule has 0 aromatic heterocycles. The highest BCUT2D eigenvalue weighted by molar-refractivity contribution is 6.32. The lowest BCUT2D eigenvalue weighted by atomic mass is 9.95. The fourth-order valence-corrected chi connectivity index (χ4v) is 1.52. The Hall–Kier alpha value is -0.930. The first-order chi connectivity index (χ1) is 7.98. The summed E-state index contributed by atoms with van der Waals surface area (Å²) < 4.78 is 5.36. The van der Waals surface area contributed by atoms with Crippen molar-refractivity contribution in [3.8, 4) is 5.75 Å². The first kappa shape index (κ1) is 14.1. The molecule has 2 N–H and O–H groups in total. The molecule has 0 saturated heterocycles. The maximum absolute atomic E-state index is 9.15. The van der Waals surface area contributed by atoms with Crippen molar-refractivity contribution in [3.05, 3.63) is 23.2 Å². The summed E-state index contributed by atoms with van der Waals surface area (Å²) in [6.07, 6.45) is 0. The number of hydrogen-bond acceptors (Lipinski definition) is 3. The summed E-state index contributed by atoms with van der Waals surface area (Å²) in [5, 5.41) is 13.0. The molecule has 96 valence electrons. The van der Waals surface area contributed by atoms with E-state index in [1.165, 1.54) is 0 Å². The zero-order valence-corrected chi connectivity index (χ0v) is 11.3. The molecule has 0 spiro atoms. The molecule has 0 aliphatic carbocycles. The minimum Gasteiger partial charge on any atom is -0.492 e. The van der Waals surface area contributed by atoms with Crippen molar-refractivity contribution in [3.63, 3.8) is 0 Å². The van der Waals surface area contributed by atoms with Crippen LogP contribution in [0.5, 0.6) is 5.75 Å². The topological polar surface area (TPSA) is 41.5 Å². The molecule has 0 heterocycles. The van der Waals surface area contributed by atoms with Gasteiger partial charge < -0.3 is 15.2 Å². The lowest BCUT2D eigenvalue weighted by Gasteiger charge is -2.22. The summed E-state index contributed by atoms with van der Waals surface area (Å²) in [4.78, 5) is 0. The highest BCUT2D eigenvalue weighted by atomic mass is 35.5. The largest absolute Gasteiger partial charge is 0.492 e. The number of ether oxygens (including phenoxy) is 1. The third-order valence-corrected chi connectivity index (χ3v) is 2.73. The molecule has 0 bridgehead atoms. The molecule has 0 radical (unpaired) electrons. The van der Waals surface area contributed by atoms with Gasteiger partial charge in [0, 0.05) is 24.3 Å². The molecule has 0 amide bonds. The van der Waals surface area contributed by atoms with E-state index in [-0.39, 0.29) is 12.0 Å². The number of halogens is 1. The second kappa shape index (κ2) is 6.12. The summed E-state index contributed by atoms with van der Waals surface area (Å²) in [6.45, 7) is 7.35. The van der Waals surface area contributed by atoms with Crippen molar-refractivity contribution in [2.24, 2.45) is 5.41 Å². The van der Waals surface area contributed by atoms with Crippen LogP contribution in [0, 0.1) is 5.41 Å². The molecule has 4 heteroatoms. The maximum Gasteiger partial charge on any atom is 0.138 e. The number of aliphatic hydroxyl groups excluding tert-OH is 1. The van der Waals surface area contributed by atoms with Crippen LogP contribution in [0.2, 0.25) is 5.02 Å². The van der Waals surface area contributed by atoms with Gasteiger partial charge in [0.1, 0.15) is 5.75 Å². The number of nitrogens with one attached hydrogen (secondary N) is 1. The molecule has 1 aromatic rings. The Kier molecular flexibility index (Phi) is 5.09. The van der Waals surface area contributed by atoms with Gasteiger partial charge in [0.2, 0.25) is 0 Å². The standard InChI is InChI=1S/C13H20ClNO2/c1-4-17-12-6-5-10(7-11(12)14)15-8-13(2,3)9-16/h5-7,15-16H,4,8-9H2,1-3H3. The van der Waals surface area contributed by atoms with Crippen LogP contribution in [0.3, 0.4) is 0 Å². The van der Waals surface area contributed by atoms with E-state index in [2.05, 4.69) is 5.32 Å². The molecule has 0 unspecified atom stereocenters. The molecule has 0 fully saturated rings. The van der Waals surface area contributed by atoms with Gasteiger partial charge in [0.15, 0.2) is 0 Å². The second-order valence-electron chi connectivity index (χ2n) is 4.75. The van der Waals surface area contributed by atoms with Crippen LogP contribution in [0.1, 0.15) is 20.8 Å². The van der Waals surface area contributed by atoms with Gasteiger partial charge in [-0.25, -0.2) is 0 Å². The van der Waals surface area contributed by atoms with Gasteiger partial charge in [0.05, 0.1) is 11.6 Å². The zero-order chi connectivity index (χ0) is 12.9. The Bertz CT molecular complexity index is 366. The van der Waals surface area contributed by atoms with Crippen molar-refractivity contribution in [1.29, 1.82) is 0 Å². The zero-order valence-electron chi connectivity index (χ0n) is 10.6.